The predicted molar refractivity (Wildman–Crippen MR) is 76.9 cm³/mol. The molecule has 0 aliphatic rings. The van der Waals surface area contributed by atoms with Gasteiger partial charge in [-0.05, 0) is 49.2 Å². The van der Waals surface area contributed by atoms with Gasteiger partial charge in [-0.3, -0.25) is 10.1 Å². The van der Waals surface area contributed by atoms with Crippen LogP contribution in [0.15, 0.2) is 34.8 Å². The second-order valence-corrected chi connectivity index (χ2v) is 4.58. The monoisotopic (exact) mass is 287 g/mol. The molecule has 0 amide bonds. The molecule has 21 heavy (non-hydrogen) atoms. The topological polar surface area (TPSA) is 93.6 Å². The molecule has 6 nitrogen and oxygen atoms in total. The Labute approximate surface area is 120 Å². The van der Waals surface area contributed by atoms with Crippen LogP contribution in [0.2, 0.25) is 0 Å². The zero-order chi connectivity index (χ0) is 15.6. The Morgan fingerprint density at radius 2 is 1.95 bits per heavy atom. The molecule has 1 heterocycles. The molecule has 6 heteroatoms. The number of nitro groups is 1. The van der Waals surface area contributed by atoms with E-state index in [-0.39, 0.29) is 5.69 Å². The molecule has 2 rings (SSSR count). The van der Waals surface area contributed by atoms with Crippen LogP contribution in [0.4, 0.5) is 5.69 Å². The highest BCUT2D eigenvalue weighted by molar-refractivity contribution is 5.85. The molecule has 0 saturated carbocycles. The van der Waals surface area contributed by atoms with Crippen molar-refractivity contribution in [2.45, 2.75) is 13.8 Å². The van der Waals surface area contributed by atoms with Crippen LogP contribution in [0.25, 0.3) is 17.4 Å². The van der Waals surface area contributed by atoms with Gasteiger partial charge in [0.05, 0.1) is 10.5 Å². The minimum atomic E-state index is -1.09. The van der Waals surface area contributed by atoms with Crippen molar-refractivity contribution in [1.29, 1.82) is 0 Å². The van der Waals surface area contributed by atoms with Crippen molar-refractivity contribution < 1.29 is 19.2 Å². The highest BCUT2D eigenvalue weighted by Crippen LogP contribution is 2.33. The average molecular weight is 287 g/mol. The van der Waals surface area contributed by atoms with Gasteiger partial charge in [-0.2, -0.15) is 0 Å². The van der Waals surface area contributed by atoms with Crippen LogP contribution < -0.4 is 0 Å². The van der Waals surface area contributed by atoms with Gasteiger partial charge in [-0.25, -0.2) is 4.79 Å². The third-order valence-corrected chi connectivity index (χ3v) is 3.09. The van der Waals surface area contributed by atoms with E-state index in [9.17, 15) is 14.9 Å². The van der Waals surface area contributed by atoms with Gasteiger partial charge >= 0.3 is 5.97 Å². The van der Waals surface area contributed by atoms with Gasteiger partial charge in [0.25, 0.3) is 5.69 Å². The van der Waals surface area contributed by atoms with Gasteiger partial charge in [0.15, 0.2) is 0 Å². The number of aliphatic carboxylic acids is 1. The van der Waals surface area contributed by atoms with E-state index in [0.717, 1.165) is 17.2 Å². The lowest BCUT2D eigenvalue weighted by atomic mass is 10.0. The lowest BCUT2D eigenvalue weighted by Gasteiger charge is -2.04. The van der Waals surface area contributed by atoms with Gasteiger partial charge in [-0.15, -0.1) is 0 Å². The summed E-state index contributed by atoms with van der Waals surface area (Å²) in [6.07, 6.45) is 2.23. The molecule has 0 aliphatic carbocycles. The third kappa shape index (κ3) is 3.17. The summed E-state index contributed by atoms with van der Waals surface area (Å²) in [4.78, 5) is 21.1. The van der Waals surface area contributed by atoms with Crippen molar-refractivity contribution >= 4 is 17.7 Å². The molecule has 0 aliphatic heterocycles. The van der Waals surface area contributed by atoms with E-state index in [1.54, 1.807) is 25.1 Å². The average Bonchev–Trinajstić information content (AvgIpc) is 2.87. The Bertz CT molecular complexity index is 743. The number of nitrogens with zero attached hydrogens (tertiary/aromatic N) is 1. The van der Waals surface area contributed by atoms with E-state index in [1.807, 2.05) is 6.92 Å². The summed E-state index contributed by atoms with van der Waals surface area (Å²) in [5.41, 5.74) is 2.07. The number of nitro benzene ring substituents is 1. The van der Waals surface area contributed by atoms with E-state index in [2.05, 4.69) is 0 Å². The molecule has 0 spiro atoms. The molecule has 0 saturated heterocycles. The number of benzene rings is 1. The summed E-state index contributed by atoms with van der Waals surface area (Å²) >= 11 is 0. The van der Waals surface area contributed by atoms with E-state index in [0.29, 0.717) is 17.1 Å². The fourth-order valence-electron chi connectivity index (χ4n) is 1.89. The molecule has 108 valence electrons. The van der Waals surface area contributed by atoms with Crippen molar-refractivity contribution in [1.82, 2.24) is 0 Å². The number of rotatable bonds is 4. The van der Waals surface area contributed by atoms with Gasteiger partial charge < -0.3 is 9.52 Å². The molecule has 2 aromatic rings. The van der Waals surface area contributed by atoms with Crippen LogP contribution in [0, 0.1) is 24.0 Å². The maximum Gasteiger partial charge on any atom is 0.328 e. The van der Waals surface area contributed by atoms with Crippen molar-refractivity contribution in [3.8, 4) is 11.3 Å². The van der Waals surface area contributed by atoms with Crippen molar-refractivity contribution in [3.63, 3.8) is 0 Å². The Hall–Kier alpha value is -2.89. The Morgan fingerprint density at radius 1 is 1.29 bits per heavy atom. The number of carbonyl (C=O) groups is 1. The Kier molecular flexibility index (Phi) is 3.89. The maximum absolute atomic E-state index is 11.2. The molecule has 0 atom stereocenters. The molecule has 0 fully saturated rings. The number of hydrogen-bond donors (Lipinski definition) is 1. The van der Waals surface area contributed by atoms with Crippen molar-refractivity contribution in [2.75, 3.05) is 0 Å². The minimum absolute atomic E-state index is 0.0405. The largest absolute Gasteiger partial charge is 0.478 e. The highest BCUT2D eigenvalue weighted by Gasteiger charge is 2.19. The Morgan fingerprint density at radius 3 is 2.57 bits per heavy atom. The fourth-order valence-corrected chi connectivity index (χ4v) is 1.89. The predicted octanol–water partition coefficient (Wildman–Crippen LogP) is 3.57. The van der Waals surface area contributed by atoms with E-state index >= 15 is 0 Å². The number of hydrogen-bond acceptors (Lipinski definition) is 4. The van der Waals surface area contributed by atoms with Crippen LogP contribution in [-0.4, -0.2) is 16.0 Å². The first-order valence-corrected chi connectivity index (χ1v) is 6.15. The lowest BCUT2D eigenvalue weighted by molar-refractivity contribution is -0.384. The second-order valence-electron chi connectivity index (χ2n) is 4.58. The molecule has 0 bridgehead atoms. The van der Waals surface area contributed by atoms with Gasteiger partial charge in [0.1, 0.15) is 11.5 Å². The molecule has 1 N–H and O–H groups in total. The molecule has 0 radical (unpaired) electrons. The second kappa shape index (κ2) is 5.62. The number of aryl methyl sites for hydroxylation is 2. The van der Waals surface area contributed by atoms with E-state index in [4.69, 9.17) is 9.52 Å². The summed E-state index contributed by atoms with van der Waals surface area (Å²) in [5.74, 6) is -0.445. The van der Waals surface area contributed by atoms with Crippen LogP contribution in [-0.2, 0) is 4.79 Å². The van der Waals surface area contributed by atoms with Gasteiger partial charge in [-0.1, -0.05) is 0 Å². The first-order valence-electron chi connectivity index (χ1n) is 6.15. The third-order valence-electron chi connectivity index (χ3n) is 3.09. The van der Waals surface area contributed by atoms with Gasteiger partial charge in [0.2, 0.25) is 0 Å². The Balaban J connectivity index is 2.49. The minimum Gasteiger partial charge on any atom is -0.478 e. The summed E-state index contributed by atoms with van der Waals surface area (Å²) in [6.45, 7) is 3.66. The van der Waals surface area contributed by atoms with E-state index < -0.39 is 10.9 Å². The summed E-state index contributed by atoms with van der Waals surface area (Å²) < 4.78 is 5.45. The quantitative estimate of drug-likeness (QED) is 0.527. The van der Waals surface area contributed by atoms with Crippen LogP contribution in [0.5, 0.6) is 0 Å². The normalized spacial score (nSPS) is 11.0. The molecule has 1 aromatic carbocycles. The smallest absolute Gasteiger partial charge is 0.328 e. The van der Waals surface area contributed by atoms with Gasteiger partial charge in [0, 0.05) is 12.1 Å². The first kappa shape index (κ1) is 14.5. The van der Waals surface area contributed by atoms with Crippen LogP contribution in [0.3, 0.4) is 0 Å². The van der Waals surface area contributed by atoms with Crippen molar-refractivity contribution in [2.24, 2.45) is 0 Å². The standard InChI is InChI=1S/C15H13NO5/c1-9-7-12(13(16(19)20)8-10(9)2)14-5-3-11(21-14)4-6-15(17)18/h3-8H,1-2H3,(H,17,18)/b6-4+. The first-order chi connectivity index (χ1) is 9.88. The van der Waals surface area contributed by atoms with E-state index in [1.165, 1.54) is 12.1 Å². The lowest BCUT2D eigenvalue weighted by Crippen LogP contribution is -1.94. The zero-order valence-corrected chi connectivity index (χ0v) is 11.5. The molecule has 1 aromatic heterocycles. The highest BCUT2D eigenvalue weighted by atomic mass is 16.6. The number of furan rings is 1. The molecular formula is C15H13NO5. The summed E-state index contributed by atoms with van der Waals surface area (Å²) in [6, 6.07) is 6.34. The summed E-state index contributed by atoms with van der Waals surface area (Å²) in [5, 5.41) is 19.7. The number of carboxylic acids is 1. The zero-order valence-electron chi connectivity index (χ0n) is 11.5. The fraction of sp³-hybridized carbons (Fsp3) is 0.133. The summed E-state index contributed by atoms with van der Waals surface area (Å²) in [7, 11) is 0. The van der Waals surface area contributed by atoms with Crippen LogP contribution in [0.1, 0.15) is 16.9 Å². The molecular weight excluding hydrogens is 274 g/mol. The number of carboxylic acid groups (broad SMARTS) is 1. The SMILES string of the molecule is Cc1cc(-c2ccc(/C=C/C(=O)O)o2)c([N+](=O)[O-])cc1C. The maximum atomic E-state index is 11.2. The van der Waals surface area contributed by atoms with Crippen LogP contribution >= 0.6 is 0 Å². The molecule has 0 unspecified atom stereocenters. The van der Waals surface area contributed by atoms with Crippen molar-refractivity contribution in [3.05, 3.63) is 57.3 Å².